The molecule has 2 fully saturated rings. The fourth-order valence-corrected chi connectivity index (χ4v) is 3.89. The summed E-state index contributed by atoms with van der Waals surface area (Å²) in [5.41, 5.74) is 0. The minimum atomic E-state index is 0.0755. The molecule has 1 aliphatic heterocycles. The van der Waals surface area contributed by atoms with Crippen LogP contribution in [-0.2, 0) is 4.79 Å². The van der Waals surface area contributed by atoms with Gasteiger partial charge in [-0.1, -0.05) is 47.0 Å². The number of hydrogen-bond donors (Lipinski definition) is 1. The summed E-state index contributed by atoms with van der Waals surface area (Å²) >= 11 is 0. The molecule has 3 nitrogen and oxygen atoms in total. The van der Waals surface area contributed by atoms with Crippen LogP contribution in [0.4, 0.5) is 0 Å². The van der Waals surface area contributed by atoms with Crippen molar-refractivity contribution < 1.29 is 4.79 Å². The third-order valence-electron chi connectivity index (χ3n) is 5.00. The normalized spacial score (nSPS) is 34.5. The lowest BCUT2D eigenvalue weighted by Gasteiger charge is -2.33. The van der Waals surface area contributed by atoms with E-state index in [9.17, 15) is 4.79 Å². The molecule has 0 spiro atoms. The summed E-state index contributed by atoms with van der Waals surface area (Å²) in [5.74, 6) is 1.67. The maximum Gasteiger partial charge on any atom is 0.241 e. The van der Waals surface area contributed by atoms with Gasteiger partial charge in [0.05, 0.1) is 12.2 Å². The SMILES string of the molecule is CCCCC1NC(CC(C)C)N(C2CCCC2C)C1=O. The molecule has 116 valence electrons. The molecular formula is C17H32N2O. The lowest BCUT2D eigenvalue weighted by molar-refractivity contribution is -0.133. The van der Waals surface area contributed by atoms with Crippen LogP contribution in [0.15, 0.2) is 0 Å². The number of hydrogen-bond acceptors (Lipinski definition) is 2. The zero-order chi connectivity index (χ0) is 14.7. The number of unbranched alkanes of at least 4 members (excludes halogenated alkanes) is 1. The molecule has 1 amide bonds. The molecule has 0 aromatic heterocycles. The van der Waals surface area contributed by atoms with Crippen LogP contribution in [0.3, 0.4) is 0 Å². The Bertz CT molecular complexity index is 329. The molecule has 4 unspecified atom stereocenters. The van der Waals surface area contributed by atoms with Gasteiger partial charge in [0, 0.05) is 6.04 Å². The minimum absolute atomic E-state index is 0.0755. The number of amides is 1. The quantitative estimate of drug-likeness (QED) is 0.807. The lowest BCUT2D eigenvalue weighted by Crippen LogP contribution is -2.46. The van der Waals surface area contributed by atoms with Gasteiger partial charge in [-0.3, -0.25) is 10.1 Å². The Morgan fingerprint density at radius 3 is 2.65 bits per heavy atom. The van der Waals surface area contributed by atoms with Crippen molar-refractivity contribution in [2.24, 2.45) is 11.8 Å². The average Bonchev–Trinajstić information content (AvgIpc) is 2.91. The van der Waals surface area contributed by atoms with Crippen LogP contribution in [0.25, 0.3) is 0 Å². The van der Waals surface area contributed by atoms with Crippen molar-refractivity contribution in [3.63, 3.8) is 0 Å². The predicted molar refractivity (Wildman–Crippen MR) is 83.3 cm³/mol. The highest BCUT2D eigenvalue weighted by Crippen LogP contribution is 2.34. The predicted octanol–water partition coefficient (Wildman–Crippen LogP) is 3.54. The summed E-state index contributed by atoms with van der Waals surface area (Å²) in [6.07, 6.45) is 8.43. The third-order valence-corrected chi connectivity index (χ3v) is 5.00. The van der Waals surface area contributed by atoms with Crippen LogP contribution in [0, 0.1) is 11.8 Å². The smallest absolute Gasteiger partial charge is 0.241 e. The van der Waals surface area contributed by atoms with Crippen LogP contribution in [0.5, 0.6) is 0 Å². The molecule has 2 aliphatic rings. The van der Waals surface area contributed by atoms with Gasteiger partial charge in [-0.05, 0) is 37.5 Å². The lowest BCUT2D eigenvalue weighted by atomic mass is 10.0. The maximum atomic E-state index is 12.8. The van der Waals surface area contributed by atoms with Crippen LogP contribution >= 0.6 is 0 Å². The molecule has 2 rings (SSSR count). The van der Waals surface area contributed by atoms with Gasteiger partial charge in [0.25, 0.3) is 0 Å². The Hall–Kier alpha value is -0.570. The number of carbonyl (C=O) groups excluding carboxylic acids is 1. The van der Waals surface area contributed by atoms with E-state index in [2.05, 4.69) is 37.9 Å². The first-order valence-corrected chi connectivity index (χ1v) is 8.62. The Morgan fingerprint density at radius 2 is 2.10 bits per heavy atom. The van der Waals surface area contributed by atoms with Crippen molar-refractivity contribution in [1.29, 1.82) is 0 Å². The molecule has 0 aromatic carbocycles. The molecule has 1 N–H and O–H groups in total. The highest BCUT2D eigenvalue weighted by molar-refractivity contribution is 5.84. The van der Waals surface area contributed by atoms with Crippen LogP contribution in [0.1, 0.15) is 72.6 Å². The van der Waals surface area contributed by atoms with E-state index in [1.807, 2.05) is 0 Å². The molecule has 1 aliphatic carbocycles. The van der Waals surface area contributed by atoms with Crippen molar-refractivity contribution in [3.05, 3.63) is 0 Å². The average molecular weight is 280 g/mol. The van der Waals surface area contributed by atoms with Gasteiger partial charge >= 0.3 is 0 Å². The number of rotatable bonds is 6. The van der Waals surface area contributed by atoms with E-state index >= 15 is 0 Å². The van der Waals surface area contributed by atoms with E-state index in [4.69, 9.17) is 0 Å². The Balaban J connectivity index is 2.09. The fraction of sp³-hybridized carbons (Fsp3) is 0.941. The molecule has 1 saturated carbocycles. The van der Waals surface area contributed by atoms with Gasteiger partial charge in [-0.15, -0.1) is 0 Å². The molecule has 4 atom stereocenters. The summed E-state index contributed by atoms with van der Waals surface area (Å²) in [5, 5.41) is 3.63. The highest BCUT2D eigenvalue weighted by Gasteiger charge is 2.44. The van der Waals surface area contributed by atoms with E-state index in [1.54, 1.807) is 0 Å². The highest BCUT2D eigenvalue weighted by atomic mass is 16.2. The van der Waals surface area contributed by atoms with E-state index in [-0.39, 0.29) is 12.2 Å². The molecule has 20 heavy (non-hydrogen) atoms. The van der Waals surface area contributed by atoms with Gasteiger partial charge in [0.2, 0.25) is 5.91 Å². The standard InChI is InChI=1S/C17H32N2O/c1-5-6-9-14-17(20)19(15-10-7-8-13(15)4)16(18-14)11-12(2)3/h12-16,18H,5-11H2,1-4H3. The second kappa shape index (κ2) is 6.93. The number of nitrogens with one attached hydrogen (secondary N) is 1. The molecule has 3 heteroatoms. The minimum Gasteiger partial charge on any atom is -0.323 e. The first-order valence-electron chi connectivity index (χ1n) is 8.62. The van der Waals surface area contributed by atoms with Gasteiger partial charge in [0.1, 0.15) is 0 Å². The first kappa shape index (κ1) is 15.8. The molecule has 1 heterocycles. The summed E-state index contributed by atoms with van der Waals surface area (Å²) in [7, 11) is 0. The zero-order valence-corrected chi connectivity index (χ0v) is 13.7. The monoisotopic (exact) mass is 280 g/mol. The maximum absolute atomic E-state index is 12.8. The van der Waals surface area contributed by atoms with Crippen molar-refractivity contribution in [3.8, 4) is 0 Å². The fourth-order valence-electron chi connectivity index (χ4n) is 3.89. The topological polar surface area (TPSA) is 32.3 Å². The summed E-state index contributed by atoms with van der Waals surface area (Å²) in [4.78, 5) is 15.0. The van der Waals surface area contributed by atoms with Crippen molar-refractivity contribution >= 4 is 5.91 Å². The Kier molecular flexibility index (Phi) is 5.48. The van der Waals surface area contributed by atoms with Crippen LogP contribution in [0.2, 0.25) is 0 Å². The summed E-state index contributed by atoms with van der Waals surface area (Å²) in [6, 6.07) is 0.553. The molecular weight excluding hydrogens is 248 g/mol. The summed E-state index contributed by atoms with van der Waals surface area (Å²) in [6.45, 7) is 9.02. The van der Waals surface area contributed by atoms with Crippen molar-refractivity contribution in [1.82, 2.24) is 10.2 Å². The summed E-state index contributed by atoms with van der Waals surface area (Å²) < 4.78 is 0. The van der Waals surface area contributed by atoms with E-state index in [0.717, 1.165) is 19.3 Å². The van der Waals surface area contributed by atoms with Crippen LogP contribution < -0.4 is 5.32 Å². The van der Waals surface area contributed by atoms with Crippen LogP contribution in [-0.4, -0.2) is 29.1 Å². The van der Waals surface area contributed by atoms with Crippen molar-refractivity contribution in [2.45, 2.75) is 90.9 Å². The van der Waals surface area contributed by atoms with E-state index in [0.29, 0.717) is 23.8 Å². The second-order valence-electron chi connectivity index (χ2n) is 7.23. The van der Waals surface area contributed by atoms with Gasteiger partial charge in [0.15, 0.2) is 0 Å². The van der Waals surface area contributed by atoms with Gasteiger partial charge in [-0.25, -0.2) is 0 Å². The molecule has 0 aromatic rings. The first-order chi connectivity index (χ1) is 9.54. The Labute approximate surface area is 124 Å². The largest absolute Gasteiger partial charge is 0.323 e. The van der Waals surface area contributed by atoms with Gasteiger partial charge < -0.3 is 4.90 Å². The molecule has 0 radical (unpaired) electrons. The van der Waals surface area contributed by atoms with Gasteiger partial charge in [-0.2, -0.15) is 0 Å². The molecule has 0 bridgehead atoms. The third kappa shape index (κ3) is 3.36. The molecule has 1 saturated heterocycles. The number of carbonyl (C=O) groups is 1. The zero-order valence-electron chi connectivity index (χ0n) is 13.7. The Morgan fingerprint density at radius 1 is 1.35 bits per heavy atom. The van der Waals surface area contributed by atoms with E-state index < -0.39 is 0 Å². The van der Waals surface area contributed by atoms with E-state index in [1.165, 1.54) is 25.7 Å². The number of nitrogens with zero attached hydrogens (tertiary/aromatic N) is 1. The second-order valence-corrected chi connectivity index (χ2v) is 7.23. The van der Waals surface area contributed by atoms with Crippen molar-refractivity contribution in [2.75, 3.05) is 0 Å².